The largest absolute Gasteiger partial charge is 0.493 e. The molecule has 2 atom stereocenters. The fraction of sp³-hybridized carbons (Fsp3) is 0.333. The van der Waals surface area contributed by atoms with Crippen LogP contribution in [-0.4, -0.2) is 32.9 Å². The Morgan fingerprint density at radius 1 is 1.17 bits per heavy atom. The topological polar surface area (TPSA) is 39.7 Å². The molecule has 1 unspecified atom stereocenters. The molecular formula is C18H21Cl2NO3. The quantitative estimate of drug-likeness (QED) is 0.867. The lowest BCUT2D eigenvalue weighted by Crippen LogP contribution is -2.43. The average Bonchev–Trinajstić information content (AvgIpc) is 2.62. The van der Waals surface area contributed by atoms with Crippen molar-refractivity contribution in [3.05, 3.63) is 59.1 Å². The van der Waals surface area contributed by atoms with E-state index in [4.69, 9.17) is 25.8 Å². The SMILES string of the molecule is COc1cc(Cl)ccc1OC(c1ccccc1)[C@@H]1CNCCO1.Cl. The Bertz CT molecular complexity index is 633. The molecule has 1 aliphatic rings. The van der Waals surface area contributed by atoms with Crippen molar-refractivity contribution >= 4 is 24.0 Å². The molecule has 4 nitrogen and oxygen atoms in total. The second-order valence-corrected chi connectivity index (χ2v) is 5.79. The second-order valence-electron chi connectivity index (χ2n) is 5.36. The Kier molecular flexibility index (Phi) is 7.18. The van der Waals surface area contributed by atoms with Crippen molar-refractivity contribution in [1.82, 2.24) is 5.32 Å². The zero-order chi connectivity index (χ0) is 16.1. The smallest absolute Gasteiger partial charge is 0.162 e. The highest BCUT2D eigenvalue weighted by molar-refractivity contribution is 6.30. The standard InChI is InChI=1S/C18H20ClNO3.ClH/c1-21-16-11-14(19)7-8-15(16)23-18(13-5-3-2-4-6-13)17-12-20-9-10-22-17;/h2-8,11,17-18,20H,9-10,12H2,1H3;1H/t17-,18?;/m0./s1. The van der Waals surface area contributed by atoms with Gasteiger partial charge in [0.25, 0.3) is 0 Å². The van der Waals surface area contributed by atoms with Crippen molar-refractivity contribution < 1.29 is 14.2 Å². The van der Waals surface area contributed by atoms with E-state index in [-0.39, 0.29) is 24.6 Å². The first kappa shape index (κ1) is 18.9. The molecular weight excluding hydrogens is 349 g/mol. The van der Waals surface area contributed by atoms with Gasteiger partial charge in [-0.2, -0.15) is 0 Å². The van der Waals surface area contributed by atoms with Crippen LogP contribution in [0.25, 0.3) is 0 Å². The third-order valence-corrected chi connectivity index (χ3v) is 4.04. The Labute approximate surface area is 153 Å². The lowest BCUT2D eigenvalue weighted by Gasteiger charge is -2.32. The normalized spacial score (nSPS) is 18.3. The molecule has 1 fully saturated rings. The highest BCUT2D eigenvalue weighted by Crippen LogP contribution is 2.35. The number of morpholine rings is 1. The number of nitrogens with one attached hydrogen (secondary N) is 1. The number of benzene rings is 2. The molecule has 0 saturated carbocycles. The van der Waals surface area contributed by atoms with Crippen LogP contribution in [0.5, 0.6) is 11.5 Å². The Morgan fingerprint density at radius 3 is 2.62 bits per heavy atom. The predicted molar refractivity (Wildman–Crippen MR) is 97.7 cm³/mol. The molecule has 130 valence electrons. The summed E-state index contributed by atoms with van der Waals surface area (Å²) in [5, 5.41) is 3.96. The Balaban J connectivity index is 0.00000208. The molecule has 1 saturated heterocycles. The fourth-order valence-electron chi connectivity index (χ4n) is 2.66. The van der Waals surface area contributed by atoms with E-state index in [1.165, 1.54) is 0 Å². The Morgan fingerprint density at radius 2 is 1.96 bits per heavy atom. The molecule has 6 heteroatoms. The lowest BCUT2D eigenvalue weighted by atomic mass is 10.0. The van der Waals surface area contributed by atoms with E-state index in [1.54, 1.807) is 19.2 Å². The summed E-state index contributed by atoms with van der Waals surface area (Å²) in [5.74, 6) is 1.27. The molecule has 0 spiro atoms. The molecule has 1 aliphatic heterocycles. The van der Waals surface area contributed by atoms with Gasteiger partial charge >= 0.3 is 0 Å². The maximum Gasteiger partial charge on any atom is 0.162 e. The number of rotatable bonds is 5. The van der Waals surface area contributed by atoms with E-state index >= 15 is 0 Å². The fourth-order valence-corrected chi connectivity index (χ4v) is 2.82. The minimum atomic E-state index is -0.223. The van der Waals surface area contributed by atoms with Gasteiger partial charge in [-0.25, -0.2) is 0 Å². The molecule has 1 N–H and O–H groups in total. The van der Waals surface area contributed by atoms with Gasteiger partial charge in [0, 0.05) is 24.2 Å². The van der Waals surface area contributed by atoms with Crippen molar-refractivity contribution in [3.8, 4) is 11.5 Å². The van der Waals surface area contributed by atoms with E-state index < -0.39 is 0 Å². The van der Waals surface area contributed by atoms with Crippen LogP contribution in [0.4, 0.5) is 0 Å². The molecule has 2 aromatic rings. The van der Waals surface area contributed by atoms with Crippen LogP contribution in [0.1, 0.15) is 11.7 Å². The van der Waals surface area contributed by atoms with E-state index in [1.807, 2.05) is 36.4 Å². The molecule has 3 rings (SSSR count). The van der Waals surface area contributed by atoms with Crippen LogP contribution in [0, 0.1) is 0 Å². The van der Waals surface area contributed by atoms with Crippen molar-refractivity contribution in [1.29, 1.82) is 0 Å². The predicted octanol–water partition coefficient (Wildman–Crippen LogP) is 3.88. The van der Waals surface area contributed by atoms with Gasteiger partial charge in [-0.15, -0.1) is 12.4 Å². The summed E-state index contributed by atoms with van der Waals surface area (Å²) >= 11 is 6.03. The van der Waals surface area contributed by atoms with Crippen molar-refractivity contribution in [2.24, 2.45) is 0 Å². The van der Waals surface area contributed by atoms with Gasteiger partial charge in [0.2, 0.25) is 0 Å². The molecule has 0 amide bonds. The number of methoxy groups -OCH3 is 1. The van der Waals surface area contributed by atoms with Gasteiger partial charge in [-0.3, -0.25) is 0 Å². The van der Waals surface area contributed by atoms with E-state index in [9.17, 15) is 0 Å². The number of hydrogen-bond acceptors (Lipinski definition) is 4. The second kappa shape index (κ2) is 9.14. The first-order valence-electron chi connectivity index (χ1n) is 7.65. The maximum absolute atomic E-state index is 6.27. The zero-order valence-electron chi connectivity index (χ0n) is 13.4. The average molecular weight is 370 g/mol. The molecule has 0 bridgehead atoms. The summed E-state index contributed by atoms with van der Waals surface area (Å²) in [7, 11) is 1.61. The number of hydrogen-bond donors (Lipinski definition) is 1. The van der Waals surface area contributed by atoms with Gasteiger partial charge in [-0.05, 0) is 17.7 Å². The van der Waals surface area contributed by atoms with E-state index in [0.29, 0.717) is 23.1 Å². The van der Waals surface area contributed by atoms with Crippen LogP contribution in [-0.2, 0) is 4.74 Å². The third-order valence-electron chi connectivity index (χ3n) is 3.80. The summed E-state index contributed by atoms with van der Waals surface area (Å²) < 4.78 is 17.6. The minimum Gasteiger partial charge on any atom is -0.493 e. The van der Waals surface area contributed by atoms with Crippen LogP contribution >= 0.6 is 24.0 Å². The number of ether oxygens (including phenoxy) is 3. The maximum atomic E-state index is 6.27. The van der Waals surface area contributed by atoms with Crippen LogP contribution in [0.15, 0.2) is 48.5 Å². The van der Waals surface area contributed by atoms with E-state index in [2.05, 4.69) is 5.32 Å². The first-order chi connectivity index (χ1) is 11.3. The van der Waals surface area contributed by atoms with Crippen molar-refractivity contribution in [2.45, 2.75) is 12.2 Å². The molecule has 1 heterocycles. The highest BCUT2D eigenvalue weighted by atomic mass is 35.5. The number of halogens is 2. The van der Waals surface area contributed by atoms with Gasteiger partial charge in [0.05, 0.1) is 13.7 Å². The van der Waals surface area contributed by atoms with Crippen molar-refractivity contribution in [3.63, 3.8) is 0 Å². The summed E-state index contributed by atoms with van der Waals surface area (Å²) in [6.07, 6.45) is -0.286. The van der Waals surface area contributed by atoms with Gasteiger partial charge in [-0.1, -0.05) is 41.9 Å². The molecule has 2 aromatic carbocycles. The van der Waals surface area contributed by atoms with E-state index in [0.717, 1.165) is 18.7 Å². The van der Waals surface area contributed by atoms with Crippen molar-refractivity contribution in [2.75, 3.05) is 26.8 Å². The minimum absolute atomic E-state index is 0. The summed E-state index contributed by atoms with van der Waals surface area (Å²) in [5.41, 5.74) is 1.07. The van der Waals surface area contributed by atoms with Crippen LogP contribution in [0.3, 0.4) is 0 Å². The molecule has 0 radical (unpaired) electrons. The zero-order valence-corrected chi connectivity index (χ0v) is 15.0. The first-order valence-corrected chi connectivity index (χ1v) is 8.03. The molecule has 24 heavy (non-hydrogen) atoms. The third kappa shape index (κ3) is 4.54. The van der Waals surface area contributed by atoms with Gasteiger partial charge in [0.15, 0.2) is 17.6 Å². The summed E-state index contributed by atoms with van der Waals surface area (Å²) in [6, 6.07) is 15.5. The summed E-state index contributed by atoms with van der Waals surface area (Å²) in [4.78, 5) is 0. The molecule has 0 aliphatic carbocycles. The summed E-state index contributed by atoms with van der Waals surface area (Å²) in [6.45, 7) is 2.28. The van der Waals surface area contributed by atoms with Crippen LogP contribution < -0.4 is 14.8 Å². The van der Waals surface area contributed by atoms with Gasteiger partial charge < -0.3 is 19.5 Å². The Hall–Kier alpha value is -1.46. The van der Waals surface area contributed by atoms with Crippen LogP contribution in [0.2, 0.25) is 5.02 Å². The highest BCUT2D eigenvalue weighted by Gasteiger charge is 2.28. The van der Waals surface area contributed by atoms with Gasteiger partial charge in [0.1, 0.15) is 6.10 Å². The monoisotopic (exact) mass is 369 g/mol. The lowest BCUT2D eigenvalue weighted by molar-refractivity contribution is -0.0438. The molecule has 0 aromatic heterocycles.